The van der Waals surface area contributed by atoms with Crippen LogP contribution in [0.1, 0.15) is 16.2 Å². The molecule has 2 aromatic carbocycles. The number of halogens is 1. The quantitative estimate of drug-likeness (QED) is 0.792. The minimum Gasteiger partial charge on any atom is -0.321 e. The summed E-state index contributed by atoms with van der Waals surface area (Å²) in [6.07, 6.45) is 0. The van der Waals surface area contributed by atoms with Crippen molar-refractivity contribution in [2.24, 2.45) is 0 Å². The van der Waals surface area contributed by atoms with Gasteiger partial charge in [0.2, 0.25) is 0 Å². The van der Waals surface area contributed by atoms with E-state index in [1.165, 1.54) is 0 Å². The highest BCUT2D eigenvalue weighted by atomic mass is 35.5. The lowest BCUT2D eigenvalue weighted by atomic mass is 10.3. The Hall–Kier alpha value is -2.59. The molecule has 0 aliphatic heterocycles. The first kappa shape index (κ1) is 14.4. The number of hydrogen-bond donors (Lipinski definition) is 1. The molecule has 22 heavy (non-hydrogen) atoms. The second-order valence-corrected chi connectivity index (χ2v) is 5.32. The number of hydrogen-bond acceptors (Lipinski definition) is 2. The number of amides is 1. The number of para-hydroxylation sites is 1. The predicted octanol–water partition coefficient (Wildman–Crippen LogP) is 4.09. The van der Waals surface area contributed by atoms with Gasteiger partial charge in [-0.2, -0.15) is 5.10 Å². The lowest BCUT2D eigenvalue weighted by molar-refractivity contribution is 0.102. The summed E-state index contributed by atoms with van der Waals surface area (Å²) >= 11 is 5.89. The molecule has 0 aliphatic carbocycles. The van der Waals surface area contributed by atoms with E-state index in [-0.39, 0.29) is 5.91 Å². The maximum absolute atomic E-state index is 12.3. The van der Waals surface area contributed by atoms with Crippen LogP contribution in [0.25, 0.3) is 5.69 Å². The second-order valence-electron chi connectivity index (χ2n) is 4.88. The predicted molar refractivity (Wildman–Crippen MR) is 87.7 cm³/mol. The normalized spacial score (nSPS) is 10.5. The van der Waals surface area contributed by atoms with E-state index in [4.69, 9.17) is 11.6 Å². The van der Waals surface area contributed by atoms with E-state index in [9.17, 15) is 4.79 Å². The molecule has 0 unspecified atom stereocenters. The van der Waals surface area contributed by atoms with Crippen LogP contribution in [0, 0.1) is 6.92 Å². The molecule has 0 saturated heterocycles. The number of aryl methyl sites for hydroxylation is 1. The molecule has 1 amide bonds. The summed E-state index contributed by atoms with van der Waals surface area (Å²) in [5.74, 6) is -0.234. The van der Waals surface area contributed by atoms with Gasteiger partial charge in [0.1, 0.15) is 0 Å². The van der Waals surface area contributed by atoms with Gasteiger partial charge in [-0.3, -0.25) is 4.79 Å². The molecule has 3 aromatic rings. The van der Waals surface area contributed by atoms with E-state index in [2.05, 4.69) is 10.4 Å². The van der Waals surface area contributed by atoms with Gasteiger partial charge in [-0.05, 0) is 49.4 Å². The zero-order chi connectivity index (χ0) is 15.5. The van der Waals surface area contributed by atoms with Gasteiger partial charge in [0.15, 0.2) is 5.69 Å². The van der Waals surface area contributed by atoms with Crippen LogP contribution >= 0.6 is 11.6 Å². The van der Waals surface area contributed by atoms with Crippen LogP contribution in [0.4, 0.5) is 5.69 Å². The number of rotatable bonds is 3. The molecular weight excluding hydrogens is 298 g/mol. The summed E-state index contributed by atoms with van der Waals surface area (Å²) in [6, 6.07) is 18.4. The third-order valence-electron chi connectivity index (χ3n) is 3.22. The molecule has 3 rings (SSSR count). The Labute approximate surface area is 133 Å². The van der Waals surface area contributed by atoms with Crippen molar-refractivity contribution in [3.05, 3.63) is 77.1 Å². The topological polar surface area (TPSA) is 46.9 Å². The van der Waals surface area contributed by atoms with Gasteiger partial charge in [-0.25, -0.2) is 4.68 Å². The van der Waals surface area contributed by atoms with Crippen LogP contribution in [0.5, 0.6) is 0 Å². The fourth-order valence-electron chi connectivity index (χ4n) is 2.15. The number of carbonyl (C=O) groups is 1. The first-order valence-corrected chi connectivity index (χ1v) is 7.20. The molecule has 5 heteroatoms. The summed E-state index contributed by atoms with van der Waals surface area (Å²) in [4.78, 5) is 12.3. The number of carbonyl (C=O) groups excluding carboxylic acids is 1. The Bertz CT molecular complexity index is 795. The summed E-state index contributed by atoms with van der Waals surface area (Å²) in [6.45, 7) is 1.90. The van der Waals surface area contributed by atoms with Crippen LogP contribution in [0.15, 0.2) is 60.7 Å². The number of benzene rings is 2. The molecular formula is C17H14ClN3O. The second kappa shape index (κ2) is 6.03. The Kier molecular flexibility index (Phi) is 3.94. The molecule has 1 N–H and O–H groups in total. The molecule has 0 saturated carbocycles. The molecule has 1 aromatic heterocycles. The lowest BCUT2D eigenvalue weighted by Gasteiger charge is -2.04. The van der Waals surface area contributed by atoms with Crippen molar-refractivity contribution in [2.75, 3.05) is 5.32 Å². The maximum atomic E-state index is 12.3. The van der Waals surface area contributed by atoms with Gasteiger partial charge in [-0.1, -0.05) is 29.8 Å². The molecule has 0 aliphatic rings. The van der Waals surface area contributed by atoms with E-state index >= 15 is 0 Å². The van der Waals surface area contributed by atoms with Gasteiger partial charge in [0.05, 0.1) is 5.69 Å². The largest absolute Gasteiger partial charge is 0.321 e. The van der Waals surface area contributed by atoms with Gasteiger partial charge in [0.25, 0.3) is 5.91 Å². The highest BCUT2D eigenvalue weighted by Gasteiger charge is 2.13. The summed E-state index contributed by atoms with van der Waals surface area (Å²) in [5, 5.41) is 7.85. The number of nitrogens with one attached hydrogen (secondary N) is 1. The third-order valence-corrected chi connectivity index (χ3v) is 3.47. The van der Waals surface area contributed by atoms with Crippen LogP contribution < -0.4 is 5.32 Å². The van der Waals surface area contributed by atoms with Crippen molar-refractivity contribution in [2.45, 2.75) is 6.92 Å². The number of nitrogens with zero attached hydrogens (tertiary/aromatic N) is 2. The van der Waals surface area contributed by atoms with Gasteiger partial charge < -0.3 is 5.32 Å². The Morgan fingerprint density at radius 2 is 1.77 bits per heavy atom. The zero-order valence-corrected chi connectivity index (χ0v) is 12.7. The smallest absolute Gasteiger partial charge is 0.276 e. The van der Waals surface area contributed by atoms with E-state index in [0.717, 1.165) is 17.1 Å². The fourth-order valence-corrected chi connectivity index (χ4v) is 2.27. The minimum absolute atomic E-state index is 0.234. The Morgan fingerprint density at radius 1 is 1.09 bits per heavy atom. The highest BCUT2D eigenvalue weighted by Crippen LogP contribution is 2.16. The molecule has 4 nitrogen and oxygen atoms in total. The Balaban J connectivity index is 1.85. The first-order valence-electron chi connectivity index (χ1n) is 6.82. The monoisotopic (exact) mass is 311 g/mol. The third kappa shape index (κ3) is 3.02. The van der Waals surface area contributed by atoms with Crippen LogP contribution in [0.2, 0.25) is 5.02 Å². The summed E-state index contributed by atoms with van der Waals surface area (Å²) in [5.41, 5.74) is 2.85. The van der Waals surface area contributed by atoms with E-state index < -0.39 is 0 Å². The molecule has 0 bridgehead atoms. The van der Waals surface area contributed by atoms with Crippen molar-refractivity contribution in [1.82, 2.24) is 9.78 Å². The molecule has 0 spiro atoms. The lowest BCUT2D eigenvalue weighted by Crippen LogP contribution is -2.13. The first-order chi connectivity index (χ1) is 10.6. The SMILES string of the molecule is Cc1cc(C(=O)Nc2ccccc2)nn1-c1ccc(Cl)cc1. The molecule has 1 heterocycles. The average molecular weight is 312 g/mol. The molecule has 0 atom stereocenters. The molecule has 110 valence electrons. The number of aromatic nitrogens is 2. The van der Waals surface area contributed by atoms with E-state index in [0.29, 0.717) is 10.7 Å². The van der Waals surface area contributed by atoms with Gasteiger partial charge >= 0.3 is 0 Å². The molecule has 0 radical (unpaired) electrons. The minimum atomic E-state index is -0.234. The van der Waals surface area contributed by atoms with Crippen LogP contribution in [-0.4, -0.2) is 15.7 Å². The maximum Gasteiger partial charge on any atom is 0.276 e. The van der Waals surface area contributed by atoms with Crippen molar-refractivity contribution in [1.29, 1.82) is 0 Å². The highest BCUT2D eigenvalue weighted by molar-refractivity contribution is 6.30. The molecule has 0 fully saturated rings. The van der Waals surface area contributed by atoms with Gasteiger partial charge in [0, 0.05) is 16.4 Å². The fraction of sp³-hybridized carbons (Fsp3) is 0.0588. The van der Waals surface area contributed by atoms with Crippen molar-refractivity contribution >= 4 is 23.2 Å². The Morgan fingerprint density at radius 3 is 2.45 bits per heavy atom. The van der Waals surface area contributed by atoms with E-state index in [1.807, 2.05) is 49.4 Å². The summed E-state index contributed by atoms with van der Waals surface area (Å²) < 4.78 is 1.72. The van der Waals surface area contributed by atoms with Gasteiger partial charge in [-0.15, -0.1) is 0 Å². The van der Waals surface area contributed by atoms with Crippen LogP contribution in [0.3, 0.4) is 0 Å². The van der Waals surface area contributed by atoms with Crippen molar-refractivity contribution < 1.29 is 4.79 Å². The standard InChI is InChI=1S/C17H14ClN3O/c1-12-11-16(17(22)19-14-5-3-2-4-6-14)20-21(12)15-9-7-13(18)8-10-15/h2-11H,1H3,(H,19,22). The zero-order valence-electron chi connectivity index (χ0n) is 12.0. The van der Waals surface area contributed by atoms with Crippen LogP contribution in [-0.2, 0) is 0 Å². The number of anilines is 1. The van der Waals surface area contributed by atoms with E-state index in [1.54, 1.807) is 22.9 Å². The van der Waals surface area contributed by atoms with Crippen molar-refractivity contribution in [3.8, 4) is 5.69 Å². The average Bonchev–Trinajstić information content (AvgIpc) is 2.91. The summed E-state index contributed by atoms with van der Waals surface area (Å²) in [7, 11) is 0. The van der Waals surface area contributed by atoms with Crippen molar-refractivity contribution in [3.63, 3.8) is 0 Å².